The quantitative estimate of drug-likeness (QED) is 0.577. The normalized spacial score (nSPS) is 10.3. The topological polar surface area (TPSA) is 25.8 Å². The van der Waals surface area contributed by atoms with Crippen molar-refractivity contribution in [1.29, 1.82) is 0 Å². The molecule has 2 aromatic rings. The molecule has 0 radical (unpaired) electrons. The first-order valence-electron chi connectivity index (χ1n) is 4.42. The van der Waals surface area contributed by atoms with Crippen LogP contribution in [0.25, 0.3) is 11.1 Å². The number of nitrogens with zero attached hydrogens (tertiary/aromatic N) is 2. The van der Waals surface area contributed by atoms with Gasteiger partial charge < -0.3 is 0 Å². The minimum atomic E-state index is -0.511. The molecule has 0 saturated heterocycles. The fraction of sp³-hybridized carbons (Fsp3) is 0.0909. The monoisotopic (exact) mass is 222 g/mol. The maximum absolute atomic E-state index is 13.1. The molecule has 2 nitrogen and oxygen atoms in total. The van der Waals surface area contributed by atoms with Gasteiger partial charge in [0.1, 0.15) is 0 Å². The molecule has 0 fully saturated rings. The van der Waals surface area contributed by atoms with E-state index in [9.17, 15) is 4.39 Å². The molecule has 2 heterocycles. The third-order valence-corrected chi connectivity index (χ3v) is 2.36. The third kappa shape index (κ3) is 2.13. The highest BCUT2D eigenvalue weighted by atomic mass is 35.5. The van der Waals surface area contributed by atoms with E-state index in [-0.39, 0.29) is 5.88 Å². The fourth-order valence-electron chi connectivity index (χ4n) is 1.29. The lowest BCUT2D eigenvalue weighted by Crippen LogP contribution is -1.92. The molecule has 2 rings (SSSR count). The highest BCUT2D eigenvalue weighted by Gasteiger charge is 2.05. The Kier molecular flexibility index (Phi) is 2.92. The van der Waals surface area contributed by atoms with E-state index >= 15 is 0 Å². The summed E-state index contributed by atoms with van der Waals surface area (Å²) in [6.07, 6.45) is 4.85. The zero-order chi connectivity index (χ0) is 10.7. The number of hydrogen-bond donors (Lipinski definition) is 0. The van der Waals surface area contributed by atoms with Crippen LogP contribution >= 0.6 is 11.6 Å². The molecule has 0 bridgehead atoms. The second kappa shape index (κ2) is 4.36. The summed E-state index contributed by atoms with van der Waals surface area (Å²) in [6.45, 7) is 0. The van der Waals surface area contributed by atoms with Crippen LogP contribution in [-0.2, 0) is 5.88 Å². The van der Waals surface area contributed by atoms with Gasteiger partial charge in [0.05, 0.1) is 5.88 Å². The van der Waals surface area contributed by atoms with Crippen LogP contribution in [0.3, 0.4) is 0 Å². The Morgan fingerprint density at radius 2 is 1.93 bits per heavy atom. The third-order valence-electron chi connectivity index (χ3n) is 2.07. The standard InChI is InChI=1S/C11H8ClFN2/c12-6-9-5-10(7-15-11(9)13)8-1-3-14-4-2-8/h1-5,7H,6H2. The summed E-state index contributed by atoms with van der Waals surface area (Å²) in [5.74, 6) is -0.389. The van der Waals surface area contributed by atoms with Crippen LogP contribution in [-0.4, -0.2) is 9.97 Å². The highest BCUT2D eigenvalue weighted by molar-refractivity contribution is 6.17. The number of hydrogen-bond acceptors (Lipinski definition) is 2. The van der Waals surface area contributed by atoms with Crippen LogP contribution in [0, 0.1) is 5.95 Å². The van der Waals surface area contributed by atoms with E-state index in [1.54, 1.807) is 18.5 Å². The van der Waals surface area contributed by atoms with Crippen LogP contribution in [0.1, 0.15) is 5.56 Å². The SMILES string of the molecule is Fc1ncc(-c2ccncc2)cc1CCl. The molecule has 0 aliphatic carbocycles. The van der Waals surface area contributed by atoms with Gasteiger partial charge in [-0.05, 0) is 23.8 Å². The predicted molar refractivity (Wildman–Crippen MR) is 57.0 cm³/mol. The van der Waals surface area contributed by atoms with Crippen molar-refractivity contribution >= 4 is 11.6 Å². The molecule has 4 heteroatoms. The van der Waals surface area contributed by atoms with Gasteiger partial charge in [-0.1, -0.05) is 0 Å². The molecule has 0 aromatic carbocycles. The molecule has 76 valence electrons. The van der Waals surface area contributed by atoms with Crippen molar-refractivity contribution in [3.8, 4) is 11.1 Å². The van der Waals surface area contributed by atoms with E-state index in [0.29, 0.717) is 5.56 Å². The van der Waals surface area contributed by atoms with E-state index < -0.39 is 5.95 Å². The minimum absolute atomic E-state index is 0.123. The van der Waals surface area contributed by atoms with Gasteiger partial charge in [-0.25, -0.2) is 4.98 Å². The fourth-order valence-corrected chi connectivity index (χ4v) is 1.48. The van der Waals surface area contributed by atoms with Gasteiger partial charge in [0, 0.05) is 29.7 Å². The van der Waals surface area contributed by atoms with Crippen molar-refractivity contribution in [3.63, 3.8) is 0 Å². The molecule has 0 aliphatic heterocycles. The number of halogens is 2. The first-order valence-corrected chi connectivity index (χ1v) is 4.95. The molecule has 2 aromatic heterocycles. The summed E-state index contributed by atoms with van der Waals surface area (Å²) < 4.78 is 13.1. The number of pyridine rings is 2. The Bertz CT molecular complexity index is 459. The minimum Gasteiger partial charge on any atom is -0.265 e. The van der Waals surface area contributed by atoms with Gasteiger partial charge in [-0.15, -0.1) is 11.6 Å². The van der Waals surface area contributed by atoms with Crippen LogP contribution in [0.4, 0.5) is 4.39 Å². The highest BCUT2D eigenvalue weighted by Crippen LogP contribution is 2.20. The molecule has 0 unspecified atom stereocenters. The van der Waals surface area contributed by atoms with E-state index in [2.05, 4.69) is 9.97 Å². The summed E-state index contributed by atoms with van der Waals surface area (Å²) >= 11 is 5.60. The largest absolute Gasteiger partial charge is 0.265 e. The lowest BCUT2D eigenvalue weighted by Gasteiger charge is -2.03. The Morgan fingerprint density at radius 3 is 2.60 bits per heavy atom. The summed E-state index contributed by atoms with van der Waals surface area (Å²) in [7, 11) is 0. The van der Waals surface area contributed by atoms with Crippen LogP contribution < -0.4 is 0 Å². The van der Waals surface area contributed by atoms with Crippen molar-refractivity contribution in [2.45, 2.75) is 5.88 Å². The van der Waals surface area contributed by atoms with Crippen LogP contribution in [0.15, 0.2) is 36.8 Å². The van der Waals surface area contributed by atoms with Crippen molar-refractivity contribution < 1.29 is 4.39 Å². The Labute approximate surface area is 91.8 Å². The maximum Gasteiger partial charge on any atom is 0.217 e. The van der Waals surface area contributed by atoms with E-state index in [1.807, 2.05) is 12.1 Å². The predicted octanol–water partition coefficient (Wildman–Crippen LogP) is 3.02. The molecule has 0 amide bonds. The van der Waals surface area contributed by atoms with Gasteiger partial charge in [0.25, 0.3) is 0 Å². The summed E-state index contributed by atoms with van der Waals surface area (Å²) in [5, 5.41) is 0. The zero-order valence-electron chi connectivity index (χ0n) is 7.82. The van der Waals surface area contributed by atoms with Crippen LogP contribution in [0.5, 0.6) is 0 Å². The van der Waals surface area contributed by atoms with E-state index in [0.717, 1.165) is 11.1 Å². The van der Waals surface area contributed by atoms with Gasteiger partial charge >= 0.3 is 0 Å². The lowest BCUT2D eigenvalue weighted by atomic mass is 10.1. The Hall–Kier alpha value is -1.48. The first kappa shape index (κ1) is 10.1. The maximum atomic E-state index is 13.1. The van der Waals surface area contributed by atoms with Gasteiger partial charge in [0.2, 0.25) is 5.95 Å². The van der Waals surface area contributed by atoms with Crippen molar-refractivity contribution in [3.05, 3.63) is 48.3 Å². The average molecular weight is 223 g/mol. The van der Waals surface area contributed by atoms with Gasteiger partial charge in [0.15, 0.2) is 0 Å². The van der Waals surface area contributed by atoms with Gasteiger partial charge in [-0.3, -0.25) is 4.98 Å². The summed E-state index contributed by atoms with van der Waals surface area (Å²) in [6, 6.07) is 5.38. The summed E-state index contributed by atoms with van der Waals surface area (Å²) in [4.78, 5) is 7.57. The average Bonchev–Trinajstić information content (AvgIpc) is 2.31. The Morgan fingerprint density at radius 1 is 1.20 bits per heavy atom. The second-order valence-electron chi connectivity index (χ2n) is 3.04. The second-order valence-corrected chi connectivity index (χ2v) is 3.31. The van der Waals surface area contributed by atoms with Crippen molar-refractivity contribution in [1.82, 2.24) is 9.97 Å². The molecule has 0 atom stereocenters. The van der Waals surface area contributed by atoms with Crippen LogP contribution in [0.2, 0.25) is 0 Å². The molecule has 0 aliphatic rings. The molecule has 15 heavy (non-hydrogen) atoms. The molecule has 0 N–H and O–H groups in total. The first-order chi connectivity index (χ1) is 7.31. The van der Waals surface area contributed by atoms with E-state index in [4.69, 9.17) is 11.6 Å². The molecular weight excluding hydrogens is 215 g/mol. The zero-order valence-corrected chi connectivity index (χ0v) is 8.58. The number of rotatable bonds is 2. The molecular formula is C11H8ClFN2. The number of aromatic nitrogens is 2. The Balaban J connectivity index is 2.46. The number of alkyl halides is 1. The van der Waals surface area contributed by atoms with E-state index in [1.165, 1.54) is 6.20 Å². The van der Waals surface area contributed by atoms with Gasteiger partial charge in [-0.2, -0.15) is 4.39 Å². The smallest absolute Gasteiger partial charge is 0.217 e. The lowest BCUT2D eigenvalue weighted by molar-refractivity contribution is 0.573. The summed E-state index contributed by atoms with van der Waals surface area (Å²) in [5.41, 5.74) is 2.20. The van der Waals surface area contributed by atoms with Crippen molar-refractivity contribution in [2.24, 2.45) is 0 Å². The molecule has 0 spiro atoms. The van der Waals surface area contributed by atoms with Crippen molar-refractivity contribution in [2.75, 3.05) is 0 Å². The molecule has 0 saturated carbocycles.